The van der Waals surface area contributed by atoms with E-state index in [9.17, 15) is 18.6 Å². The van der Waals surface area contributed by atoms with Crippen LogP contribution in [-0.2, 0) is 9.84 Å². The van der Waals surface area contributed by atoms with Crippen molar-refractivity contribution in [3.05, 3.63) is 23.8 Å². The molecule has 1 unspecified atom stereocenters. The van der Waals surface area contributed by atoms with Crippen LogP contribution in [-0.4, -0.2) is 48.1 Å². The Morgan fingerprint density at radius 2 is 1.74 bits per heavy atom. The van der Waals surface area contributed by atoms with Gasteiger partial charge in [0.2, 0.25) is 0 Å². The van der Waals surface area contributed by atoms with Gasteiger partial charge in [-0.25, -0.2) is 8.42 Å². The minimum atomic E-state index is -2.92. The lowest BCUT2D eigenvalue weighted by Gasteiger charge is -2.27. The van der Waals surface area contributed by atoms with Crippen molar-refractivity contribution < 1.29 is 18.6 Å². The maximum atomic E-state index is 11.6. The Morgan fingerprint density at radius 3 is 2.37 bits per heavy atom. The highest BCUT2D eigenvalue weighted by Gasteiger charge is 2.23. The zero-order chi connectivity index (χ0) is 14.0. The number of hydrogen-bond acceptors (Lipinski definition) is 5. The second kappa shape index (κ2) is 5.38. The van der Waals surface area contributed by atoms with Gasteiger partial charge in [0.25, 0.3) is 0 Å². The second-order valence-corrected chi connectivity index (χ2v) is 7.30. The summed E-state index contributed by atoms with van der Waals surface area (Å²) >= 11 is 0. The van der Waals surface area contributed by atoms with Crippen LogP contribution >= 0.6 is 0 Å². The molecule has 1 aromatic carbocycles. The molecule has 0 aliphatic carbocycles. The van der Waals surface area contributed by atoms with Crippen molar-refractivity contribution in [2.75, 3.05) is 24.6 Å². The fourth-order valence-corrected chi connectivity index (χ4v) is 3.70. The van der Waals surface area contributed by atoms with E-state index in [2.05, 4.69) is 4.90 Å². The van der Waals surface area contributed by atoms with E-state index in [4.69, 9.17) is 0 Å². The highest BCUT2D eigenvalue weighted by Crippen LogP contribution is 2.28. The molecule has 0 saturated carbocycles. The first-order chi connectivity index (χ1) is 8.87. The van der Waals surface area contributed by atoms with Gasteiger partial charge in [-0.15, -0.1) is 0 Å². The van der Waals surface area contributed by atoms with Gasteiger partial charge < -0.3 is 10.2 Å². The van der Waals surface area contributed by atoms with E-state index in [1.165, 1.54) is 6.07 Å². The first kappa shape index (κ1) is 14.1. The molecule has 2 N–H and O–H groups in total. The van der Waals surface area contributed by atoms with E-state index in [0.717, 1.165) is 5.56 Å². The zero-order valence-corrected chi connectivity index (χ0v) is 11.7. The van der Waals surface area contributed by atoms with E-state index in [1.807, 2.05) is 6.92 Å². The molecule has 1 heterocycles. The van der Waals surface area contributed by atoms with Gasteiger partial charge in [-0.3, -0.25) is 4.90 Å². The average Bonchev–Trinajstić information content (AvgIpc) is 2.48. The Bertz CT molecular complexity index is 536. The van der Waals surface area contributed by atoms with E-state index < -0.39 is 9.84 Å². The Balaban J connectivity index is 2.17. The van der Waals surface area contributed by atoms with Gasteiger partial charge in [0.05, 0.1) is 11.5 Å². The number of rotatable bonds is 2. The van der Waals surface area contributed by atoms with Gasteiger partial charge in [-0.2, -0.15) is 0 Å². The molecule has 1 aliphatic rings. The van der Waals surface area contributed by atoms with Gasteiger partial charge in [0.15, 0.2) is 9.84 Å². The molecule has 2 rings (SSSR count). The fraction of sp³-hybridized carbons (Fsp3) is 0.538. The SMILES string of the molecule is CC(c1cc(O)cc(O)c1)N1CCCS(=O)(=O)CC1. The first-order valence-corrected chi connectivity index (χ1v) is 8.17. The summed E-state index contributed by atoms with van der Waals surface area (Å²) < 4.78 is 23.2. The number of nitrogens with zero attached hydrogens (tertiary/aromatic N) is 1. The molecule has 6 heteroatoms. The minimum Gasteiger partial charge on any atom is -0.508 e. The molecule has 19 heavy (non-hydrogen) atoms. The predicted octanol–water partition coefficient (Wildman–Crippen LogP) is 1.28. The summed E-state index contributed by atoms with van der Waals surface area (Å²) in [5.41, 5.74) is 0.789. The van der Waals surface area contributed by atoms with E-state index in [0.29, 0.717) is 19.5 Å². The third-order valence-corrected chi connectivity index (χ3v) is 5.26. The fourth-order valence-electron chi connectivity index (χ4n) is 2.42. The lowest BCUT2D eigenvalue weighted by molar-refractivity contribution is 0.227. The van der Waals surface area contributed by atoms with Crippen LogP contribution in [0.15, 0.2) is 18.2 Å². The van der Waals surface area contributed by atoms with Crippen molar-refractivity contribution >= 4 is 9.84 Å². The maximum absolute atomic E-state index is 11.6. The monoisotopic (exact) mass is 285 g/mol. The lowest BCUT2D eigenvalue weighted by Crippen LogP contribution is -2.30. The van der Waals surface area contributed by atoms with E-state index >= 15 is 0 Å². The maximum Gasteiger partial charge on any atom is 0.151 e. The topological polar surface area (TPSA) is 77.8 Å². The summed E-state index contributed by atoms with van der Waals surface area (Å²) in [5, 5.41) is 19.0. The van der Waals surface area contributed by atoms with E-state index in [1.54, 1.807) is 12.1 Å². The highest BCUT2D eigenvalue weighted by atomic mass is 32.2. The van der Waals surface area contributed by atoms with Gasteiger partial charge >= 0.3 is 0 Å². The van der Waals surface area contributed by atoms with Gasteiger partial charge in [-0.05, 0) is 37.6 Å². The van der Waals surface area contributed by atoms with Crippen molar-refractivity contribution in [2.24, 2.45) is 0 Å². The molecule has 1 atom stereocenters. The van der Waals surface area contributed by atoms with Crippen LogP contribution in [0.1, 0.15) is 24.9 Å². The zero-order valence-electron chi connectivity index (χ0n) is 10.9. The molecular formula is C13H19NO4S. The Kier molecular flexibility index (Phi) is 4.01. The molecule has 1 fully saturated rings. The summed E-state index contributed by atoms with van der Waals surface area (Å²) in [4.78, 5) is 2.07. The van der Waals surface area contributed by atoms with Crippen molar-refractivity contribution in [2.45, 2.75) is 19.4 Å². The summed E-state index contributed by atoms with van der Waals surface area (Å²) in [5.74, 6) is 0.442. The first-order valence-electron chi connectivity index (χ1n) is 6.35. The summed E-state index contributed by atoms with van der Waals surface area (Å²) in [6.45, 7) is 3.14. The third kappa shape index (κ3) is 3.61. The van der Waals surface area contributed by atoms with Crippen LogP contribution in [0.25, 0.3) is 0 Å². The van der Waals surface area contributed by atoms with Crippen molar-refractivity contribution in [3.8, 4) is 11.5 Å². The molecule has 0 bridgehead atoms. The number of sulfone groups is 1. The molecule has 0 amide bonds. The Hall–Kier alpha value is -1.27. The summed E-state index contributed by atoms with van der Waals surface area (Å²) in [6.07, 6.45) is 0.622. The molecule has 106 valence electrons. The largest absolute Gasteiger partial charge is 0.508 e. The van der Waals surface area contributed by atoms with Crippen LogP contribution in [0.5, 0.6) is 11.5 Å². The smallest absolute Gasteiger partial charge is 0.151 e. The Morgan fingerprint density at radius 1 is 1.11 bits per heavy atom. The normalized spacial score (nSPS) is 21.7. The van der Waals surface area contributed by atoms with Crippen molar-refractivity contribution in [1.82, 2.24) is 4.90 Å². The number of hydrogen-bond donors (Lipinski definition) is 2. The second-order valence-electron chi connectivity index (χ2n) is 5.00. The third-order valence-electron chi connectivity index (χ3n) is 3.55. The van der Waals surface area contributed by atoms with Gasteiger partial charge in [-0.1, -0.05) is 0 Å². The average molecular weight is 285 g/mol. The molecule has 0 radical (unpaired) electrons. The number of benzene rings is 1. The molecule has 0 spiro atoms. The number of phenolic OH excluding ortho intramolecular Hbond substituents is 2. The quantitative estimate of drug-likeness (QED) is 0.856. The summed E-state index contributed by atoms with van der Waals surface area (Å²) in [7, 11) is -2.92. The van der Waals surface area contributed by atoms with Crippen LogP contribution in [0, 0.1) is 0 Å². The minimum absolute atomic E-state index is 0.0179. The Labute approximate surface area is 113 Å². The molecule has 0 aromatic heterocycles. The molecule has 5 nitrogen and oxygen atoms in total. The summed E-state index contributed by atoms with van der Waals surface area (Å²) in [6, 6.07) is 4.45. The van der Waals surface area contributed by atoms with Crippen LogP contribution in [0.2, 0.25) is 0 Å². The van der Waals surface area contributed by atoms with Gasteiger partial charge in [0, 0.05) is 18.7 Å². The highest BCUT2D eigenvalue weighted by molar-refractivity contribution is 7.91. The van der Waals surface area contributed by atoms with E-state index in [-0.39, 0.29) is 29.0 Å². The van der Waals surface area contributed by atoms with Crippen molar-refractivity contribution in [3.63, 3.8) is 0 Å². The van der Waals surface area contributed by atoms with Crippen molar-refractivity contribution in [1.29, 1.82) is 0 Å². The molecule has 1 aliphatic heterocycles. The van der Waals surface area contributed by atoms with Gasteiger partial charge in [0.1, 0.15) is 11.5 Å². The van der Waals surface area contributed by atoms with Crippen LogP contribution < -0.4 is 0 Å². The standard InChI is InChI=1S/C13H19NO4S/c1-10(11-7-12(15)9-13(16)8-11)14-3-2-5-19(17,18)6-4-14/h7-10,15-16H,2-6H2,1H3. The number of phenols is 2. The predicted molar refractivity (Wildman–Crippen MR) is 73.0 cm³/mol. The number of aromatic hydroxyl groups is 2. The van der Waals surface area contributed by atoms with Crippen LogP contribution in [0.4, 0.5) is 0 Å². The molecule has 1 aromatic rings. The molecular weight excluding hydrogens is 266 g/mol. The lowest BCUT2D eigenvalue weighted by atomic mass is 10.1. The molecule has 1 saturated heterocycles. The van der Waals surface area contributed by atoms with Crippen LogP contribution in [0.3, 0.4) is 0 Å².